The van der Waals surface area contributed by atoms with Crippen LogP contribution in [0.2, 0.25) is 0 Å². The molecule has 2 aromatic rings. The molecule has 132 valence electrons. The molecule has 2 N–H and O–H groups in total. The predicted octanol–water partition coefficient (Wildman–Crippen LogP) is 1.51. The van der Waals surface area contributed by atoms with Crippen molar-refractivity contribution in [2.24, 2.45) is 0 Å². The number of hydrazine groups is 1. The zero-order chi connectivity index (χ0) is 17.9. The zero-order valence-corrected chi connectivity index (χ0v) is 14.1. The fourth-order valence-electron chi connectivity index (χ4n) is 2.02. The first kappa shape index (κ1) is 18.4. The van der Waals surface area contributed by atoms with Gasteiger partial charge in [0.25, 0.3) is 0 Å². The lowest BCUT2D eigenvalue weighted by atomic mass is 10.2. The normalized spacial score (nSPS) is 10.1. The van der Waals surface area contributed by atoms with E-state index in [9.17, 15) is 9.59 Å². The lowest BCUT2D eigenvalue weighted by Gasteiger charge is -2.18. The van der Waals surface area contributed by atoms with Gasteiger partial charge >= 0.3 is 6.03 Å². The molecular weight excluding hydrogens is 320 g/mol. The lowest BCUT2D eigenvalue weighted by molar-refractivity contribution is -0.121. The molecule has 0 saturated heterocycles. The van der Waals surface area contributed by atoms with Crippen LogP contribution in [0.1, 0.15) is 11.1 Å². The van der Waals surface area contributed by atoms with Crippen molar-refractivity contribution in [2.75, 3.05) is 20.2 Å². The molecule has 1 heterocycles. The average molecular weight is 342 g/mol. The van der Waals surface area contributed by atoms with Crippen LogP contribution in [0.3, 0.4) is 0 Å². The van der Waals surface area contributed by atoms with Crippen molar-refractivity contribution in [1.29, 1.82) is 0 Å². The molecule has 0 atom stereocenters. The minimum absolute atomic E-state index is 0.151. The molecule has 7 heteroatoms. The number of pyridine rings is 1. The summed E-state index contributed by atoms with van der Waals surface area (Å²) in [5, 5.41) is 0. The molecule has 0 saturated carbocycles. The maximum absolute atomic E-state index is 11.9. The highest BCUT2D eigenvalue weighted by molar-refractivity contribution is 5.82. The van der Waals surface area contributed by atoms with Crippen molar-refractivity contribution in [1.82, 2.24) is 20.7 Å². The van der Waals surface area contributed by atoms with E-state index in [2.05, 4.69) is 15.8 Å². The van der Waals surface area contributed by atoms with Gasteiger partial charge in [-0.1, -0.05) is 36.4 Å². The lowest BCUT2D eigenvalue weighted by Crippen LogP contribution is -2.48. The summed E-state index contributed by atoms with van der Waals surface area (Å²) < 4.78 is 5.53. The number of nitrogens with one attached hydrogen (secondary N) is 2. The molecule has 0 bridgehead atoms. The van der Waals surface area contributed by atoms with Gasteiger partial charge in [-0.3, -0.25) is 15.2 Å². The topological polar surface area (TPSA) is 83.6 Å². The Labute approximate surface area is 147 Å². The second kappa shape index (κ2) is 10.0. The number of carbonyl (C=O) groups excluding carboxylic acids is 2. The molecule has 2 rings (SSSR count). The van der Waals surface area contributed by atoms with E-state index in [0.717, 1.165) is 11.1 Å². The van der Waals surface area contributed by atoms with Crippen LogP contribution >= 0.6 is 0 Å². The summed E-state index contributed by atoms with van der Waals surface area (Å²) >= 11 is 0. The predicted molar refractivity (Wildman–Crippen MR) is 93.3 cm³/mol. The molecule has 0 spiro atoms. The number of amides is 3. The van der Waals surface area contributed by atoms with Gasteiger partial charge in [0.1, 0.15) is 0 Å². The second-order valence-corrected chi connectivity index (χ2v) is 5.48. The van der Waals surface area contributed by atoms with Crippen LogP contribution in [0.25, 0.3) is 0 Å². The summed E-state index contributed by atoms with van der Waals surface area (Å²) in [6.45, 7) is 1.32. The van der Waals surface area contributed by atoms with Gasteiger partial charge in [-0.25, -0.2) is 10.2 Å². The minimum Gasteiger partial charge on any atom is -0.375 e. The highest BCUT2D eigenvalue weighted by Gasteiger charge is 2.10. The summed E-state index contributed by atoms with van der Waals surface area (Å²) in [7, 11) is 1.63. The molecule has 0 aliphatic rings. The molecule has 0 aliphatic carbocycles. The van der Waals surface area contributed by atoms with Crippen molar-refractivity contribution >= 4 is 11.9 Å². The van der Waals surface area contributed by atoms with Crippen LogP contribution in [0, 0.1) is 0 Å². The number of hydrogen-bond donors (Lipinski definition) is 2. The van der Waals surface area contributed by atoms with E-state index in [1.807, 2.05) is 30.3 Å². The van der Waals surface area contributed by atoms with Crippen LogP contribution in [0.15, 0.2) is 54.9 Å². The van der Waals surface area contributed by atoms with Gasteiger partial charge in [0.2, 0.25) is 5.91 Å². The number of ether oxygens (including phenoxy) is 1. The number of nitrogens with zero attached hydrogens (tertiary/aromatic N) is 2. The minimum atomic E-state index is -0.400. The van der Waals surface area contributed by atoms with Gasteiger partial charge in [0, 0.05) is 26.0 Å². The largest absolute Gasteiger partial charge is 0.375 e. The monoisotopic (exact) mass is 342 g/mol. The van der Waals surface area contributed by atoms with Crippen LogP contribution < -0.4 is 10.9 Å². The van der Waals surface area contributed by atoms with E-state index < -0.39 is 6.03 Å². The molecule has 7 nitrogen and oxygen atoms in total. The number of urea groups is 1. The second-order valence-electron chi connectivity index (χ2n) is 5.48. The molecule has 1 aromatic carbocycles. The number of likely N-dealkylation sites (N-methyl/N-ethyl adjacent to an activating group) is 1. The highest BCUT2D eigenvalue weighted by Crippen LogP contribution is 2.00. The van der Waals surface area contributed by atoms with Gasteiger partial charge in [0.15, 0.2) is 0 Å². The SMILES string of the molecule is CN(CCOCc1ccccc1)C(=O)NNC(=O)Cc1cccnc1. The Balaban J connectivity index is 1.60. The Morgan fingerprint density at radius 1 is 1.08 bits per heavy atom. The average Bonchev–Trinajstić information content (AvgIpc) is 2.64. The molecule has 0 aliphatic heterocycles. The first-order chi connectivity index (χ1) is 12.1. The van der Waals surface area contributed by atoms with Crippen molar-refractivity contribution in [3.8, 4) is 0 Å². The van der Waals surface area contributed by atoms with Crippen molar-refractivity contribution in [3.63, 3.8) is 0 Å². The van der Waals surface area contributed by atoms with Crippen LogP contribution in [0.5, 0.6) is 0 Å². The molecule has 0 unspecified atom stereocenters. The van der Waals surface area contributed by atoms with Crippen molar-refractivity contribution in [3.05, 3.63) is 66.0 Å². The third-order valence-corrected chi connectivity index (χ3v) is 3.43. The Morgan fingerprint density at radius 2 is 1.84 bits per heavy atom. The molecular formula is C18H22N4O3. The number of rotatable bonds is 7. The van der Waals surface area contributed by atoms with E-state index >= 15 is 0 Å². The van der Waals surface area contributed by atoms with Crippen LogP contribution in [-0.4, -0.2) is 42.0 Å². The van der Waals surface area contributed by atoms with E-state index in [1.165, 1.54) is 4.90 Å². The van der Waals surface area contributed by atoms with E-state index in [0.29, 0.717) is 19.8 Å². The number of carbonyl (C=O) groups is 2. The number of aromatic nitrogens is 1. The van der Waals surface area contributed by atoms with E-state index in [1.54, 1.807) is 31.6 Å². The maximum Gasteiger partial charge on any atom is 0.335 e. The molecule has 3 amide bonds. The number of benzene rings is 1. The zero-order valence-electron chi connectivity index (χ0n) is 14.1. The van der Waals surface area contributed by atoms with Crippen LogP contribution in [0.4, 0.5) is 4.79 Å². The van der Waals surface area contributed by atoms with Gasteiger partial charge in [-0.05, 0) is 17.2 Å². The van der Waals surface area contributed by atoms with Gasteiger partial charge in [-0.15, -0.1) is 0 Å². The fourth-order valence-corrected chi connectivity index (χ4v) is 2.02. The molecule has 0 radical (unpaired) electrons. The first-order valence-electron chi connectivity index (χ1n) is 7.95. The quantitative estimate of drug-likeness (QED) is 0.590. The summed E-state index contributed by atoms with van der Waals surface area (Å²) in [6, 6.07) is 13.0. The fraction of sp³-hybridized carbons (Fsp3) is 0.278. The summed E-state index contributed by atoms with van der Waals surface area (Å²) in [5.41, 5.74) is 6.61. The van der Waals surface area contributed by atoms with Crippen molar-refractivity contribution < 1.29 is 14.3 Å². The summed E-state index contributed by atoms with van der Waals surface area (Å²) in [6.07, 6.45) is 3.40. The smallest absolute Gasteiger partial charge is 0.335 e. The van der Waals surface area contributed by atoms with Gasteiger partial charge in [-0.2, -0.15) is 0 Å². The number of hydrogen-bond acceptors (Lipinski definition) is 4. The molecule has 1 aromatic heterocycles. The Bertz CT molecular complexity index is 665. The van der Waals surface area contributed by atoms with Gasteiger partial charge in [0.05, 0.1) is 19.6 Å². The third kappa shape index (κ3) is 7.01. The van der Waals surface area contributed by atoms with Gasteiger partial charge < -0.3 is 9.64 Å². The highest BCUT2D eigenvalue weighted by atomic mass is 16.5. The summed E-state index contributed by atoms with van der Waals surface area (Å²) in [5.74, 6) is -0.310. The van der Waals surface area contributed by atoms with E-state index in [-0.39, 0.29) is 12.3 Å². The Hall–Kier alpha value is -2.93. The molecule has 25 heavy (non-hydrogen) atoms. The summed E-state index contributed by atoms with van der Waals surface area (Å²) in [4.78, 5) is 29.0. The van der Waals surface area contributed by atoms with Crippen LogP contribution in [-0.2, 0) is 22.6 Å². The molecule has 0 fully saturated rings. The van der Waals surface area contributed by atoms with E-state index in [4.69, 9.17) is 4.74 Å². The first-order valence-corrected chi connectivity index (χ1v) is 7.95. The van der Waals surface area contributed by atoms with Crippen molar-refractivity contribution in [2.45, 2.75) is 13.0 Å². The standard InChI is InChI=1S/C18H22N4O3/c1-22(10-11-25-14-15-6-3-2-4-7-15)18(24)21-20-17(23)12-16-8-5-9-19-13-16/h2-9,13H,10-12,14H2,1H3,(H,20,23)(H,21,24). The maximum atomic E-state index is 11.9. The Kier molecular flexibility index (Phi) is 7.40. The Morgan fingerprint density at radius 3 is 2.56 bits per heavy atom. The third-order valence-electron chi connectivity index (χ3n) is 3.43.